The highest BCUT2D eigenvalue weighted by Gasteiger charge is 2.26. The number of rotatable bonds is 13. The van der Waals surface area contributed by atoms with Gasteiger partial charge >= 0.3 is 0 Å². The van der Waals surface area contributed by atoms with E-state index in [0.717, 1.165) is 56.3 Å². The second-order valence-corrected chi connectivity index (χ2v) is 10.4. The number of halogens is 3. The predicted octanol–water partition coefficient (Wildman–Crippen LogP) is 9.35. The molecule has 1 fully saturated rings. The van der Waals surface area contributed by atoms with Crippen molar-refractivity contribution in [3.8, 4) is 16.9 Å². The molecule has 0 bridgehead atoms. The molecule has 0 N–H and O–H groups in total. The van der Waals surface area contributed by atoms with E-state index in [1.54, 1.807) is 30.3 Å². The van der Waals surface area contributed by atoms with Crippen molar-refractivity contribution in [3.63, 3.8) is 0 Å². The van der Waals surface area contributed by atoms with Gasteiger partial charge in [0.05, 0.1) is 12.7 Å². The van der Waals surface area contributed by atoms with E-state index in [2.05, 4.69) is 13.5 Å². The van der Waals surface area contributed by atoms with Crippen LogP contribution in [0.1, 0.15) is 74.5 Å². The molecule has 3 aromatic carbocycles. The first-order valence-corrected chi connectivity index (χ1v) is 14.2. The van der Waals surface area contributed by atoms with Gasteiger partial charge in [-0.25, -0.2) is 13.2 Å². The molecular weight excluding hydrogens is 497 g/mol. The van der Waals surface area contributed by atoms with Crippen molar-refractivity contribution >= 4 is 0 Å². The van der Waals surface area contributed by atoms with E-state index in [9.17, 15) is 4.39 Å². The maximum absolute atomic E-state index is 15.1. The van der Waals surface area contributed by atoms with Crippen LogP contribution >= 0.6 is 0 Å². The van der Waals surface area contributed by atoms with E-state index in [4.69, 9.17) is 9.47 Å². The number of unbranched alkanes of at least 4 members (excludes halogenated alkanes) is 1. The van der Waals surface area contributed by atoms with Gasteiger partial charge in [-0.1, -0.05) is 55.8 Å². The first-order chi connectivity index (χ1) is 19.0. The fourth-order valence-corrected chi connectivity index (χ4v) is 5.26. The van der Waals surface area contributed by atoms with Crippen molar-refractivity contribution in [2.75, 3.05) is 13.2 Å². The zero-order valence-electron chi connectivity index (χ0n) is 22.9. The third-order valence-electron chi connectivity index (χ3n) is 7.64. The molecule has 5 heteroatoms. The molecule has 0 heterocycles. The highest BCUT2D eigenvalue weighted by Crippen LogP contribution is 2.36. The van der Waals surface area contributed by atoms with Gasteiger partial charge in [-0.05, 0) is 91.7 Å². The van der Waals surface area contributed by atoms with Crippen molar-refractivity contribution in [2.24, 2.45) is 0 Å². The topological polar surface area (TPSA) is 18.5 Å². The molecule has 3 aromatic rings. The third-order valence-corrected chi connectivity index (χ3v) is 7.64. The van der Waals surface area contributed by atoms with Gasteiger partial charge in [0.15, 0.2) is 11.6 Å². The Morgan fingerprint density at radius 1 is 0.872 bits per heavy atom. The summed E-state index contributed by atoms with van der Waals surface area (Å²) in [7, 11) is 0. The summed E-state index contributed by atoms with van der Waals surface area (Å²) < 4.78 is 56.2. The minimum absolute atomic E-state index is 0.0419. The smallest absolute Gasteiger partial charge is 0.162 e. The fraction of sp³-hybridized carbons (Fsp3) is 0.412. The van der Waals surface area contributed by atoms with E-state index in [1.165, 1.54) is 6.07 Å². The lowest BCUT2D eigenvalue weighted by atomic mass is 9.82. The van der Waals surface area contributed by atoms with Crippen LogP contribution in [0.2, 0.25) is 0 Å². The maximum Gasteiger partial charge on any atom is 0.162 e. The Morgan fingerprint density at radius 2 is 1.64 bits per heavy atom. The van der Waals surface area contributed by atoms with Crippen LogP contribution in [-0.2, 0) is 17.6 Å². The standard InChI is InChI=1S/C34H39F3O2/c1-3-5-21-38-28-16-13-26(14-17-28)31-19-15-27(33(36)34(31)37)12-9-24-7-10-25(11-8-24)30-20-18-29(23-32(30)35)39-22-6-4-2/h4,7-8,10-11,15,18-20,23,26,28H,2-3,5-6,9,12-14,16-17,21-22H2,1H3. The van der Waals surface area contributed by atoms with Gasteiger partial charge in [0, 0.05) is 18.2 Å². The molecule has 0 spiro atoms. The van der Waals surface area contributed by atoms with E-state index in [1.807, 2.05) is 24.3 Å². The molecule has 2 nitrogen and oxygen atoms in total. The molecule has 1 saturated carbocycles. The van der Waals surface area contributed by atoms with Crippen LogP contribution in [-0.4, -0.2) is 19.3 Å². The van der Waals surface area contributed by atoms with Crippen LogP contribution < -0.4 is 4.74 Å². The number of ether oxygens (including phenoxy) is 2. The summed E-state index contributed by atoms with van der Waals surface area (Å²) in [5.41, 5.74) is 3.10. The van der Waals surface area contributed by atoms with Crippen LogP contribution in [0, 0.1) is 17.5 Å². The third kappa shape index (κ3) is 7.76. The van der Waals surface area contributed by atoms with Crippen LogP contribution in [0.5, 0.6) is 5.75 Å². The maximum atomic E-state index is 15.1. The Balaban J connectivity index is 1.33. The van der Waals surface area contributed by atoms with Gasteiger partial charge in [0.2, 0.25) is 0 Å². The Bertz CT molecular complexity index is 1210. The van der Waals surface area contributed by atoms with Crippen molar-refractivity contribution in [1.82, 2.24) is 0 Å². The van der Waals surface area contributed by atoms with E-state index in [-0.39, 0.29) is 17.8 Å². The Hall–Kier alpha value is -3.05. The lowest BCUT2D eigenvalue weighted by Crippen LogP contribution is -2.22. The van der Waals surface area contributed by atoms with Crippen LogP contribution in [0.15, 0.2) is 67.3 Å². The lowest BCUT2D eigenvalue weighted by molar-refractivity contribution is 0.0230. The minimum Gasteiger partial charge on any atom is -0.493 e. The molecular formula is C34H39F3O2. The lowest BCUT2D eigenvalue weighted by Gasteiger charge is -2.29. The van der Waals surface area contributed by atoms with Crippen LogP contribution in [0.4, 0.5) is 13.2 Å². The Labute approximate surface area is 230 Å². The summed E-state index contributed by atoms with van der Waals surface area (Å²) in [6.45, 7) is 7.03. The number of hydrogen-bond acceptors (Lipinski definition) is 2. The number of aryl methyl sites for hydroxylation is 2. The molecule has 208 valence electrons. The highest BCUT2D eigenvalue weighted by molar-refractivity contribution is 5.65. The van der Waals surface area contributed by atoms with Gasteiger partial charge in [-0.3, -0.25) is 0 Å². The fourth-order valence-electron chi connectivity index (χ4n) is 5.26. The monoisotopic (exact) mass is 536 g/mol. The second-order valence-electron chi connectivity index (χ2n) is 10.4. The summed E-state index contributed by atoms with van der Waals surface area (Å²) in [6.07, 6.45) is 9.25. The summed E-state index contributed by atoms with van der Waals surface area (Å²) in [5, 5.41) is 0. The van der Waals surface area contributed by atoms with Gasteiger partial charge in [-0.15, -0.1) is 6.58 Å². The molecule has 0 aliphatic heterocycles. The predicted molar refractivity (Wildman–Crippen MR) is 152 cm³/mol. The van der Waals surface area contributed by atoms with Crippen molar-refractivity contribution in [3.05, 3.63) is 101 Å². The first kappa shape index (κ1) is 28.9. The zero-order valence-corrected chi connectivity index (χ0v) is 22.9. The largest absolute Gasteiger partial charge is 0.493 e. The molecule has 0 saturated heterocycles. The summed E-state index contributed by atoms with van der Waals surface area (Å²) >= 11 is 0. The van der Waals surface area contributed by atoms with Crippen LogP contribution in [0.3, 0.4) is 0 Å². The van der Waals surface area contributed by atoms with E-state index < -0.39 is 11.6 Å². The molecule has 0 radical (unpaired) electrons. The average Bonchev–Trinajstić information content (AvgIpc) is 2.95. The van der Waals surface area contributed by atoms with Gasteiger partial charge < -0.3 is 9.47 Å². The molecule has 39 heavy (non-hydrogen) atoms. The first-order valence-electron chi connectivity index (χ1n) is 14.2. The van der Waals surface area contributed by atoms with Gasteiger partial charge in [0.1, 0.15) is 11.6 Å². The van der Waals surface area contributed by atoms with Crippen molar-refractivity contribution < 1.29 is 22.6 Å². The number of benzene rings is 3. The molecule has 0 atom stereocenters. The molecule has 0 aromatic heterocycles. The van der Waals surface area contributed by atoms with Gasteiger partial charge in [-0.2, -0.15) is 0 Å². The van der Waals surface area contributed by atoms with Crippen LogP contribution in [0.25, 0.3) is 11.1 Å². The van der Waals surface area contributed by atoms with Crippen molar-refractivity contribution in [1.29, 1.82) is 0 Å². The molecule has 4 rings (SSSR count). The Morgan fingerprint density at radius 3 is 2.33 bits per heavy atom. The zero-order chi connectivity index (χ0) is 27.6. The average molecular weight is 537 g/mol. The summed E-state index contributed by atoms with van der Waals surface area (Å²) in [5.74, 6) is -1.26. The second kappa shape index (κ2) is 14.4. The van der Waals surface area contributed by atoms with E-state index >= 15 is 8.78 Å². The van der Waals surface area contributed by atoms with Crippen molar-refractivity contribution in [2.45, 2.75) is 76.7 Å². The SMILES string of the molecule is C=CCCOc1ccc(-c2ccc(CCc3ccc(C4CCC(OCCCC)CC4)c(F)c3F)cc2)c(F)c1. The Kier molecular flexibility index (Phi) is 10.7. The molecule has 0 unspecified atom stereocenters. The summed E-state index contributed by atoms with van der Waals surface area (Å²) in [6, 6.07) is 15.9. The molecule has 0 amide bonds. The minimum atomic E-state index is -0.733. The van der Waals surface area contributed by atoms with Gasteiger partial charge in [0.25, 0.3) is 0 Å². The summed E-state index contributed by atoms with van der Waals surface area (Å²) in [4.78, 5) is 0. The highest BCUT2D eigenvalue weighted by atomic mass is 19.2. The quantitative estimate of drug-likeness (QED) is 0.160. The normalized spacial score (nSPS) is 17.2. The number of hydrogen-bond donors (Lipinski definition) is 0. The molecule has 1 aliphatic carbocycles. The molecule has 1 aliphatic rings. The van der Waals surface area contributed by atoms with E-state index in [0.29, 0.717) is 48.3 Å².